The lowest BCUT2D eigenvalue weighted by molar-refractivity contribution is -0.150. The van der Waals surface area contributed by atoms with Crippen LogP contribution in [0.5, 0.6) is 0 Å². The van der Waals surface area contributed by atoms with E-state index in [9.17, 15) is 14.7 Å². The quantitative estimate of drug-likeness (QED) is 0.868. The van der Waals surface area contributed by atoms with Crippen LogP contribution in [0.25, 0.3) is 0 Å². The molecule has 1 aliphatic heterocycles. The van der Waals surface area contributed by atoms with Crippen molar-refractivity contribution >= 4 is 40.9 Å². The molecule has 0 spiro atoms. The molecule has 2 amide bonds. The Labute approximate surface area is 132 Å². The second-order valence-electron chi connectivity index (χ2n) is 5.48. The van der Waals surface area contributed by atoms with Crippen molar-refractivity contribution in [1.29, 1.82) is 0 Å². The molecule has 1 unspecified atom stereocenters. The van der Waals surface area contributed by atoms with E-state index in [1.807, 2.05) is 0 Å². The van der Waals surface area contributed by atoms with Crippen molar-refractivity contribution in [2.75, 3.05) is 18.4 Å². The summed E-state index contributed by atoms with van der Waals surface area (Å²) in [5.74, 6) is -0.884. The van der Waals surface area contributed by atoms with Gasteiger partial charge in [-0.05, 0) is 38.0 Å². The van der Waals surface area contributed by atoms with E-state index in [2.05, 4.69) is 5.32 Å². The molecule has 1 aliphatic rings. The number of aliphatic carboxylic acids is 1. The van der Waals surface area contributed by atoms with E-state index < -0.39 is 11.4 Å². The van der Waals surface area contributed by atoms with Gasteiger partial charge >= 0.3 is 12.0 Å². The van der Waals surface area contributed by atoms with Crippen molar-refractivity contribution in [2.24, 2.45) is 5.41 Å². The van der Waals surface area contributed by atoms with Gasteiger partial charge in [0, 0.05) is 28.8 Å². The van der Waals surface area contributed by atoms with Crippen molar-refractivity contribution in [1.82, 2.24) is 4.90 Å². The first kappa shape index (κ1) is 15.9. The molecule has 21 heavy (non-hydrogen) atoms. The molecule has 0 bridgehead atoms. The summed E-state index contributed by atoms with van der Waals surface area (Å²) in [6.07, 6.45) is 1.22. The number of hydrogen-bond donors (Lipinski definition) is 2. The fourth-order valence-corrected chi connectivity index (χ4v) is 2.94. The van der Waals surface area contributed by atoms with Gasteiger partial charge in [-0.15, -0.1) is 0 Å². The van der Waals surface area contributed by atoms with Gasteiger partial charge in [-0.25, -0.2) is 4.79 Å². The summed E-state index contributed by atoms with van der Waals surface area (Å²) in [6, 6.07) is 4.40. The molecule has 2 N–H and O–H groups in total. The maximum absolute atomic E-state index is 12.2. The van der Waals surface area contributed by atoms with Crippen molar-refractivity contribution < 1.29 is 14.7 Å². The van der Waals surface area contributed by atoms with Gasteiger partial charge in [0.25, 0.3) is 0 Å². The number of nitrogens with zero attached hydrogens (tertiary/aromatic N) is 1. The molecule has 2 rings (SSSR count). The molecule has 7 heteroatoms. The number of halogens is 2. The van der Waals surface area contributed by atoms with Gasteiger partial charge in [0.05, 0.1) is 5.41 Å². The van der Waals surface area contributed by atoms with E-state index in [0.29, 0.717) is 35.1 Å². The first-order valence-electron chi connectivity index (χ1n) is 6.56. The molecule has 1 atom stereocenters. The molecule has 0 aliphatic carbocycles. The third-order valence-corrected chi connectivity index (χ3v) is 4.05. The van der Waals surface area contributed by atoms with Crippen LogP contribution < -0.4 is 5.32 Å². The van der Waals surface area contributed by atoms with Crippen LogP contribution in [0.4, 0.5) is 10.5 Å². The number of carbonyl (C=O) groups is 2. The number of piperidine rings is 1. The molecule has 114 valence electrons. The van der Waals surface area contributed by atoms with Crippen LogP contribution in [0.3, 0.4) is 0 Å². The van der Waals surface area contributed by atoms with Crippen LogP contribution in [0.1, 0.15) is 19.8 Å². The number of rotatable bonds is 2. The Morgan fingerprint density at radius 2 is 1.90 bits per heavy atom. The highest BCUT2D eigenvalue weighted by atomic mass is 35.5. The monoisotopic (exact) mass is 330 g/mol. The Balaban J connectivity index is 2.08. The van der Waals surface area contributed by atoms with Crippen LogP contribution in [0.15, 0.2) is 18.2 Å². The summed E-state index contributed by atoms with van der Waals surface area (Å²) >= 11 is 11.8. The van der Waals surface area contributed by atoms with Crippen molar-refractivity contribution in [3.63, 3.8) is 0 Å². The van der Waals surface area contributed by atoms with E-state index in [0.717, 1.165) is 0 Å². The standard InChI is InChI=1S/C14H16Cl2N2O3/c1-14(12(19)20)3-2-4-18(8-14)13(21)17-11-6-9(15)5-10(16)7-11/h5-7H,2-4,8H2,1H3,(H,17,21)(H,19,20). The minimum Gasteiger partial charge on any atom is -0.481 e. The fraction of sp³-hybridized carbons (Fsp3) is 0.429. The lowest BCUT2D eigenvalue weighted by Crippen LogP contribution is -2.49. The lowest BCUT2D eigenvalue weighted by atomic mass is 9.82. The summed E-state index contributed by atoms with van der Waals surface area (Å²) in [5.41, 5.74) is -0.415. The maximum Gasteiger partial charge on any atom is 0.321 e. The van der Waals surface area contributed by atoms with Crippen LogP contribution >= 0.6 is 23.2 Å². The summed E-state index contributed by atoms with van der Waals surface area (Å²) in [5, 5.41) is 12.8. The van der Waals surface area contributed by atoms with Gasteiger partial charge in [-0.2, -0.15) is 0 Å². The molecule has 0 saturated carbocycles. The minimum atomic E-state index is -0.901. The average molecular weight is 331 g/mol. The summed E-state index contributed by atoms with van der Waals surface area (Å²) in [7, 11) is 0. The predicted octanol–water partition coefficient (Wildman–Crippen LogP) is 3.71. The molecule has 1 heterocycles. The second-order valence-corrected chi connectivity index (χ2v) is 6.35. The van der Waals surface area contributed by atoms with E-state index in [1.54, 1.807) is 25.1 Å². The number of nitrogens with one attached hydrogen (secondary N) is 1. The van der Waals surface area contributed by atoms with Gasteiger partial charge in [-0.3, -0.25) is 4.79 Å². The third kappa shape index (κ3) is 3.80. The normalized spacial score (nSPS) is 22.0. The van der Waals surface area contributed by atoms with Gasteiger partial charge in [0.1, 0.15) is 0 Å². The summed E-state index contributed by atoms with van der Waals surface area (Å²) in [6.45, 7) is 2.37. The number of likely N-dealkylation sites (tertiary alicyclic amines) is 1. The van der Waals surface area contributed by atoms with Crippen molar-refractivity contribution in [2.45, 2.75) is 19.8 Å². The van der Waals surface area contributed by atoms with E-state index >= 15 is 0 Å². The highest BCUT2D eigenvalue weighted by Gasteiger charge is 2.39. The zero-order chi connectivity index (χ0) is 15.6. The molecule has 1 saturated heterocycles. The van der Waals surface area contributed by atoms with E-state index in [1.165, 1.54) is 4.90 Å². The Morgan fingerprint density at radius 1 is 1.29 bits per heavy atom. The SMILES string of the molecule is CC1(C(=O)O)CCCN(C(=O)Nc2cc(Cl)cc(Cl)c2)C1. The Bertz CT molecular complexity index is 559. The van der Waals surface area contributed by atoms with E-state index in [-0.39, 0.29) is 12.6 Å². The number of amides is 2. The highest BCUT2D eigenvalue weighted by Crippen LogP contribution is 2.30. The van der Waals surface area contributed by atoms with Gasteiger partial charge in [0.15, 0.2) is 0 Å². The summed E-state index contributed by atoms with van der Waals surface area (Å²) in [4.78, 5) is 25.0. The molecular weight excluding hydrogens is 315 g/mol. The van der Waals surface area contributed by atoms with Gasteiger partial charge in [0.2, 0.25) is 0 Å². The maximum atomic E-state index is 12.2. The number of carboxylic acid groups (broad SMARTS) is 1. The highest BCUT2D eigenvalue weighted by molar-refractivity contribution is 6.35. The molecular formula is C14H16Cl2N2O3. The minimum absolute atomic E-state index is 0.183. The topological polar surface area (TPSA) is 69.6 Å². The zero-order valence-electron chi connectivity index (χ0n) is 11.5. The molecule has 5 nitrogen and oxygen atoms in total. The first-order chi connectivity index (χ1) is 9.80. The van der Waals surface area contributed by atoms with Crippen molar-refractivity contribution in [3.8, 4) is 0 Å². The number of urea groups is 1. The Hall–Kier alpha value is -1.46. The third-order valence-electron chi connectivity index (χ3n) is 3.61. The average Bonchev–Trinajstić information content (AvgIpc) is 2.37. The van der Waals surface area contributed by atoms with Crippen LogP contribution in [0, 0.1) is 5.41 Å². The number of carboxylic acids is 1. The molecule has 0 aromatic heterocycles. The smallest absolute Gasteiger partial charge is 0.321 e. The van der Waals surface area contributed by atoms with E-state index in [4.69, 9.17) is 23.2 Å². The first-order valence-corrected chi connectivity index (χ1v) is 7.31. The Kier molecular flexibility index (Phi) is 4.64. The second kappa shape index (κ2) is 6.12. The number of anilines is 1. The van der Waals surface area contributed by atoms with Crippen molar-refractivity contribution in [3.05, 3.63) is 28.2 Å². The molecule has 1 aromatic carbocycles. The predicted molar refractivity (Wildman–Crippen MR) is 82.0 cm³/mol. The lowest BCUT2D eigenvalue weighted by Gasteiger charge is -2.37. The molecule has 1 fully saturated rings. The fourth-order valence-electron chi connectivity index (χ4n) is 2.42. The summed E-state index contributed by atoms with van der Waals surface area (Å²) < 4.78 is 0. The van der Waals surface area contributed by atoms with Crippen LogP contribution in [-0.2, 0) is 4.79 Å². The van der Waals surface area contributed by atoms with Gasteiger partial charge in [-0.1, -0.05) is 23.2 Å². The number of carbonyl (C=O) groups excluding carboxylic acids is 1. The van der Waals surface area contributed by atoms with Crippen LogP contribution in [-0.4, -0.2) is 35.1 Å². The number of hydrogen-bond acceptors (Lipinski definition) is 2. The Morgan fingerprint density at radius 3 is 2.48 bits per heavy atom. The zero-order valence-corrected chi connectivity index (χ0v) is 13.0. The largest absolute Gasteiger partial charge is 0.481 e. The van der Waals surface area contributed by atoms with Crippen LogP contribution in [0.2, 0.25) is 10.0 Å². The molecule has 1 aromatic rings. The van der Waals surface area contributed by atoms with Gasteiger partial charge < -0.3 is 15.3 Å². The number of benzene rings is 1. The molecule has 0 radical (unpaired) electrons.